The van der Waals surface area contributed by atoms with Crippen LogP contribution in [0.1, 0.15) is 73.1 Å². The molecule has 2 unspecified atom stereocenters. The quantitative estimate of drug-likeness (QED) is 0.425. The van der Waals surface area contributed by atoms with Gasteiger partial charge in [-0.25, -0.2) is 0 Å². The van der Waals surface area contributed by atoms with Crippen molar-refractivity contribution in [3.63, 3.8) is 0 Å². The van der Waals surface area contributed by atoms with Crippen molar-refractivity contribution < 1.29 is 4.74 Å². The first-order chi connectivity index (χ1) is 14.3. The molecule has 0 amide bonds. The van der Waals surface area contributed by atoms with Gasteiger partial charge in [0.15, 0.2) is 5.44 Å². The zero-order chi connectivity index (χ0) is 21.3. The minimum absolute atomic E-state index is 0.00435. The van der Waals surface area contributed by atoms with Gasteiger partial charge in [0.1, 0.15) is 5.75 Å². The molecule has 0 bridgehead atoms. The van der Waals surface area contributed by atoms with E-state index >= 15 is 0 Å². The van der Waals surface area contributed by atoms with Crippen LogP contribution in [0.4, 0.5) is 0 Å². The standard InChI is InChI=1S/C28H32OS/c1-19(2)16-22-17-23(28(3,4)5)18-24-25(22)29-27(21-14-10-7-11-15-21)30-26(24)20-12-8-6-9-13-20/h6-15,17-19,26-27H,16H2,1-5H3. The molecular weight excluding hydrogens is 384 g/mol. The normalized spacial score (nSPS) is 18.7. The third-order valence-corrected chi connectivity index (χ3v) is 7.04. The molecule has 0 saturated heterocycles. The predicted octanol–water partition coefficient (Wildman–Crippen LogP) is 8.10. The Morgan fingerprint density at radius 1 is 0.867 bits per heavy atom. The first-order valence-corrected chi connectivity index (χ1v) is 11.9. The zero-order valence-corrected chi connectivity index (χ0v) is 19.5. The first kappa shape index (κ1) is 21.1. The summed E-state index contributed by atoms with van der Waals surface area (Å²) in [5.74, 6) is 1.67. The molecule has 1 heterocycles. The lowest BCUT2D eigenvalue weighted by Crippen LogP contribution is -2.20. The highest BCUT2D eigenvalue weighted by atomic mass is 32.2. The maximum absolute atomic E-state index is 6.73. The molecule has 0 fully saturated rings. The topological polar surface area (TPSA) is 9.23 Å². The molecule has 4 rings (SSSR count). The summed E-state index contributed by atoms with van der Waals surface area (Å²) < 4.78 is 6.73. The minimum atomic E-state index is -0.00435. The molecule has 0 N–H and O–H groups in total. The molecule has 3 aromatic carbocycles. The van der Waals surface area contributed by atoms with Gasteiger partial charge in [-0.05, 0) is 34.4 Å². The molecule has 156 valence electrons. The number of hydrogen-bond acceptors (Lipinski definition) is 2. The third kappa shape index (κ3) is 4.44. The van der Waals surface area contributed by atoms with Crippen LogP contribution in [0.25, 0.3) is 0 Å². The molecule has 1 aliphatic rings. The molecule has 2 atom stereocenters. The van der Waals surface area contributed by atoms with Gasteiger partial charge < -0.3 is 4.74 Å². The highest BCUT2D eigenvalue weighted by molar-refractivity contribution is 7.99. The van der Waals surface area contributed by atoms with E-state index in [1.54, 1.807) is 0 Å². The van der Waals surface area contributed by atoms with Crippen LogP contribution in [0.3, 0.4) is 0 Å². The van der Waals surface area contributed by atoms with Crippen LogP contribution in [-0.4, -0.2) is 0 Å². The van der Waals surface area contributed by atoms with Crippen LogP contribution >= 0.6 is 11.8 Å². The Hall–Kier alpha value is -2.19. The average molecular weight is 417 g/mol. The Kier molecular flexibility index (Phi) is 5.97. The van der Waals surface area contributed by atoms with Crippen molar-refractivity contribution in [2.24, 2.45) is 5.92 Å². The van der Waals surface area contributed by atoms with E-state index in [0.717, 1.165) is 12.2 Å². The monoisotopic (exact) mass is 416 g/mol. The van der Waals surface area contributed by atoms with Crippen LogP contribution in [0.5, 0.6) is 5.75 Å². The SMILES string of the molecule is CC(C)Cc1cc(C(C)(C)C)cc2c1OC(c1ccccc1)SC2c1ccccc1. The second-order valence-corrected chi connectivity index (χ2v) is 10.9. The molecule has 1 nitrogen and oxygen atoms in total. The van der Waals surface area contributed by atoms with E-state index < -0.39 is 0 Å². The Morgan fingerprint density at radius 3 is 2.03 bits per heavy atom. The van der Waals surface area contributed by atoms with Crippen molar-refractivity contribution in [1.82, 2.24) is 0 Å². The number of ether oxygens (including phenoxy) is 1. The van der Waals surface area contributed by atoms with E-state index in [9.17, 15) is 0 Å². The maximum atomic E-state index is 6.73. The zero-order valence-electron chi connectivity index (χ0n) is 18.7. The summed E-state index contributed by atoms with van der Waals surface area (Å²) in [4.78, 5) is 0. The largest absolute Gasteiger partial charge is 0.474 e. The van der Waals surface area contributed by atoms with Crippen LogP contribution in [0.2, 0.25) is 0 Å². The predicted molar refractivity (Wildman–Crippen MR) is 129 cm³/mol. The van der Waals surface area contributed by atoms with Gasteiger partial charge in [-0.3, -0.25) is 0 Å². The van der Waals surface area contributed by atoms with Crippen LogP contribution in [-0.2, 0) is 11.8 Å². The fraction of sp³-hybridized carbons (Fsp3) is 0.357. The molecule has 30 heavy (non-hydrogen) atoms. The minimum Gasteiger partial charge on any atom is -0.474 e. The fourth-order valence-electron chi connectivity index (χ4n) is 4.05. The average Bonchev–Trinajstić information content (AvgIpc) is 2.73. The molecule has 0 saturated carbocycles. The fourth-order valence-corrected chi connectivity index (χ4v) is 5.40. The molecule has 3 aromatic rings. The third-order valence-electron chi connectivity index (χ3n) is 5.63. The molecule has 2 heteroatoms. The lowest BCUT2D eigenvalue weighted by Gasteiger charge is -2.35. The van der Waals surface area contributed by atoms with E-state index in [1.807, 2.05) is 11.8 Å². The summed E-state index contributed by atoms with van der Waals surface area (Å²) in [6.07, 6.45) is 1.03. The van der Waals surface area contributed by atoms with Gasteiger partial charge >= 0.3 is 0 Å². The van der Waals surface area contributed by atoms with E-state index in [-0.39, 0.29) is 16.1 Å². The van der Waals surface area contributed by atoms with Crippen molar-refractivity contribution in [2.45, 2.75) is 57.1 Å². The van der Waals surface area contributed by atoms with E-state index in [2.05, 4.69) is 107 Å². The van der Waals surface area contributed by atoms with Crippen molar-refractivity contribution >= 4 is 11.8 Å². The molecule has 0 spiro atoms. The Balaban J connectivity index is 1.90. The Bertz CT molecular complexity index is 986. The second kappa shape index (κ2) is 8.51. The number of rotatable bonds is 4. The van der Waals surface area contributed by atoms with Gasteiger partial charge in [0.05, 0.1) is 5.25 Å². The number of hydrogen-bond donors (Lipinski definition) is 0. The van der Waals surface area contributed by atoms with Crippen molar-refractivity contribution in [1.29, 1.82) is 0 Å². The maximum Gasteiger partial charge on any atom is 0.170 e. The van der Waals surface area contributed by atoms with Gasteiger partial charge in [0, 0.05) is 11.1 Å². The van der Waals surface area contributed by atoms with Crippen molar-refractivity contribution in [3.8, 4) is 5.75 Å². The van der Waals surface area contributed by atoms with Gasteiger partial charge in [0.25, 0.3) is 0 Å². The Morgan fingerprint density at radius 2 is 1.47 bits per heavy atom. The highest BCUT2D eigenvalue weighted by Crippen LogP contribution is 2.54. The van der Waals surface area contributed by atoms with Gasteiger partial charge in [0.2, 0.25) is 0 Å². The van der Waals surface area contributed by atoms with Crippen LogP contribution in [0.15, 0.2) is 72.8 Å². The molecule has 0 aromatic heterocycles. The summed E-state index contributed by atoms with van der Waals surface area (Å²) >= 11 is 1.91. The van der Waals surface area contributed by atoms with Crippen LogP contribution in [0, 0.1) is 5.92 Å². The number of thioether (sulfide) groups is 1. The first-order valence-electron chi connectivity index (χ1n) is 10.9. The second-order valence-electron chi connectivity index (χ2n) is 9.69. The summed E-state index contributed by atoms with van der Waals surface area (Å²) in [5.41, 5.74) is 6.72. The molecule has 0 radical (unpaired) electrons. The summed E-state index contributed by atoms with van der Waals surface area (Å²) in [7, 11) is 0. The molecule has 1 aliphatic heterocycles. The van der Waals surface area contributed by atoms with Crippen molar-refractivity contribution in [2.75, 3.05) is 0 Å². The summed E-state index contributed by atoms with van der Waals surface area (Å²) in [6, 6.07) is 26.3. The summed E-state index contributed by atoms with van der Waals surface area (Å²) in [6.45, 7) is 11.5. The summed E-state index contributed by atoms with van der Waals surface area (Å²) in [5, 5.41) is 0.258. The smallest absolute Gasteiger partial charge is 0.170 e. The van der Waals surface area contributed by atoms with E-state index in [1.165, 1.54) is 27.8 Å². The van der Waals surface area contributed by atoms with Crippen LogP contribution < -0.4 is 4.74 Å². The number of benzene rings is 3. The Labute approximate surface area is 185 Å². The van der Waals surface area contributed by atoms with E-state index in [4.69, 9.17) is 4.74 Å². The lowest BCUT2D eigenvalue weighted by molar-refractivity contribution is 0.281. The number of fused-ring (bicyclic) bond motifs is 1. The van der Waals surface area contributed by atoms with Crippen molar-refractivity contribution in [3.05, 3.63) is 101 Å². The molecule has 0 aliphatic carbocycles. The van der Waals surface area contributed by atoms with Gasteiger partial charge in [-0.2, -0.15) is 0 Å². The van der Waals surface area contributed by atoms with Gasteiger partial charge in [-0.15, -0.1) is 11.8 Å². The molecular formula is C28H32OS. The van der Waals surface area contributed by atoms with E-state index in [0.29, 0.717) is 5.92 Å². The lowest BCUT2D eigenvalue weighted by atomic mass is 9.82. The highest BCUT2D eigenvalue weighted by Gasteiger charge is 2.34. The van der Waals surface area contributed by atoms with Gasteiger partial charge in [-0.1, -0.05) is 107 Å².